The van der Waals surface area contributed by atoms with Crippen molar-refractivity contribution in [1.82, 2.24) is 5.43 Å². The third-order valence-electron chi connectivity index (χ3n) is 3.75. The number of carbonyl (C=O) groups excluding carboxylic acids is 2. The minimum absolute atomic E-state index is 0.135. The van der Waals surface area contributed by atoms with Crippen LogP contribution < -0.4 is 20.2 Å². The fourth-order valence-corrected chi connectivity index (χ4v) is 2.60. The van der Waals surface area contributed by atoms with Gasteiger partial charge in [-0.1, -0.05) is 15.9 Å². The van der Waals surface area contributed by atoms with E-state index in [-0.39, 0.29) is 24.7 Å². The Bertz CT molecular complexity index is 838. The molecule has 0 aliphatic rings. The second-order valence-corrected chi connectivity index (χ2v) is 6.73. The van der Waals surface area contributed by atoms with Gasteiger partial charge in [0.05, 0.1) is 20.4 Å². The monoisotopic (exact) mass is 447 g/mol. The first kappa shape index (κ1) is 21.4. The van der Waals surface area contributed by atoms with Gasteiger partial charge in [-0.3, -0.25) is 9.59 Å². The van der Waals surface area contributed by atoms with Crippen LogP contribution in [-0.2, 0) is 9.59 Å². The number of hydrazone groups is 1. The van der Waals surface area contributed by atoms with Crippen molar-refractivity contribution in [2.24, 2.45) is 5.10 Å². The largest absolute Gasteiger partial charge is 0.493 e. The van der Waals surface area contributed by atoms with Crippen molar-refractivity contribution >= 4 is 39.6 Å². The number of methoxy groups -OCH3 is 2. The van der Waals surface area contributed by atoms with Gasteiger partial charge in [0.1, 0.15) is 0 Å². The number of anilines is 1. The lowest BCUT2D eigenvalue weighted by molar-refractivity contribution is -0.121. The van der Waals surface area contributed by atoms with Crippen LogP contribution in [0.2, 0.25) is 0 Å². The number of hydrogen-bond acceptors (Lipinski definition) is 5. The van der Waals surface area contributed by atoms with Gasteiger partial charge in [-0.15, -0.1) is 0 Å². The zero-order valence-electron chi connectivity index (χ0n) is 15.7. The summed E-state index contributed by atoms with van der Waals surface area (Å²) in [6.45, 7) is 0. The molecule has 148 valence electrons. The molecule has 7 nitrogen and oxygen atoms in total. The molecule has 0 bridgehead atoms. The topological polar surface area (TPSA) is 89.0 Å². The Balaban J connectivity index is 1.71. The van der Waals surface area contributed by atoms with Gasteiger partial charge in [-0.05, 0) is 54.4 Å². The Morgan fingerprint density at radius 2 is 1.68 bits per heavy atom. The van der Waals surface area contributed by atoms with Crippen LogP contribution in [0.1, 0.15) is 24.8 Å². The lowest BCUT2D eigenvalue weighted by Crippen LogP contribution is -2.18. The van der Waals surface area contributed by atoms with Gasteiger partial charge < -0.3 is 14.8 Å². The first-order valence-electron chi connectivity index (χ1n) is 8.61. The summed E-state index contributed by atoms with van der Waals surface area (Å²) in [5, 5.41) is 6.70. The summed E-state index contributed by atoms with van der Waals surface area (Å²) in [4.78, 5) is 23.7. The average molecular weight is 448 g/mol. The number of amides is 2. The van der Waals surface area contributed by atoms with E-state index in [9.17, 15) is 9.59 Å². The van der Waals surface area contributed by atoms with Crippen molar-refractivity contribution in [3.63, 3.8) is 0 Å². The summed E-state index contributed by atoms with van der Waals surface area (Å²) in [7, 11) is 3.11. The minimum Gasteiger partial charge on any atom is -0.493 e. The van der Waals surface area contributed by atoms with Crippen molar-refractivity contribution in [3.05, 3.63) is 52.5 Å². The van der Waals surface area contributed by atoms with Gasteiger partial charge in [0.2, 0.25) is 11.8 Å². The molecular formula is C20H22BrN3O4. The molecule has 8 heteroatoms. The third kappa shape index (κ3) is 7.03. The molecule has 0 radical (unpaired) electrons. The first-order valence-corrected chi connectivity index (χ1v) is 9.40. The molecule has 0 atom stereocenters. The van der Waals surface area contributed by atoms with E-state index in [1.807, 2.05) is 12.1 Å². The summed E-state index contributed by atoms with van der Waals surface area (Å²) in [6.07, 6.45) is 2.40. The molecule has 2 amide bonds. The molecule has 2 N–H and O–H groups in total. The van der Waals surface area contributed by atoms with Gasteiger partial charge in [0.15, 0.2) is 11.5 Å². The van der Waals surface area contributed by atoms with Gasteiger partial charge >= 0.3 is 0 Å². The third-order valence-corrected chi connectivity index (χ3v) is 4.27. The molecule has 2 rings (SSSR count). The fourth-order valence-electron chi connectivity index (χ4n) is 2.33. The summed E-state index contributed by atoms with van der Waals surface area (Å²) < 4.78 is 11.3. The lowest BCUT2D eigenvalue weighted by Gasteiger charge is -2.07. The maximum atomic E-state index is 11.9. The predicted molar refractivity (Wildman–Crippen MR) is 112 cm³/mol. The molecule has 0 unspecified atom stereocenters. The van der Waals surface area contributed by atoms with Gasteiger partial charge in [0, 0.05) is 23.0 Å². The second kappa shape index (κ2) is 11.1. The fraction of sp³-hybridized carbons (Fsp3) is 0.250. The predicted octanol–water partition coefficient (Wildman–Crippen LogP) is 3.73. The second-order valence-electron chi connectivity index (χ2n) is 5.82. The van der Waals surface area contributed by atoms with Crippen molar-refractivity contribution in [2.75, 3.05) is 19.5 Å². The Hall–Kier alpha value is -2.87. The summed E-state index contributed by atoms with van der Waals surface area (Å²) >= 11 is 3.34. The van der Waals surface area contributed by atoms with E-state index < -0.39 is 0 Å². The van der Waals surface area contributed by atoms with E-state index in [1.54, 1.807) is 44.6 Å². The van der Waals surface area contributed by atoms with Crippen LogP contribution in [0.15, 0.2) is 52.0 Å². The van der Waals surface area contributed by atoms with Crippen molar-refractivity contribution in [3.8, 4) is 11.5 Å². The molecule has 2 aromatic rings. The van der Waals surface area contributed by atoms with Crippen molar-refractivity contribution in [2.45, 2.75) is 19.3 Å². The van der Waals surface area contributed by atoms with Crippen LogP contribution in [0.4, 0.5) is 5.69 Å². The molecule has 0 heterocycles. The molecule has 0 aromatic heterocycles. The number of ether oxygens (including phenoxy) is 2. The molecular weight excluding hydrogens is 426 g/mol. The van der Waals surface area contributed by atoms with Crippen LogP contribution in [0.3, 0.4) is 0 Å². The molecule has 0 aliphatic carbocycles. The van der Waals surface area contributed by atoms with Crippen LogP contribution in [0.5, 0.6) is 11.5 Å². The number of rotatable bonds is 9. The van der Waals surface area contributed by atoms with Gasteiger partial charge in [0.25, 0.3) is 0 Å². The van der Waals surface area contributed by atoms with E-state index in [0.717, 1.165) is 15.7 Å². The van der Waals surface area contributed by atoms with Crippen LogP contribution in [0, 0.1) is 0 Å². The molecule has 28 heavy (non-hydrogen) atoms. The Labute approximate surface area is 172 Å². The van der Waals surface area contributed by atoms with Crippen molar-refractivity contribution in [1.29, 1.82) is 0 Å². The number of hydrogen-bond donors (Lipinski definition) is 2. The minimum atomic E-state index is -0.256. The molecule has 2 aromatic carbocycles. The van der Waals surface area contributed by atoms with E-state index in [2.05, 4.69) is 31.8 Å². The summed E-state index contributed by atoms with van der Waals surface area (Å²) in [5.74, 6) is 0.803. The van der Waals surface area contributed by atoms with E-state index >= 15 is 0 Å². The molecule has 0 aliphatic heterocycles. The number of benzene rings is 2. The highest BCUT2D eigenvalue weighted by molar-refractivity contribution is 9.10. The zero-order chi connectivity index (χ0) is 20.4. The molecule has 0 spiro atoms. The summed E-state index contributed by atoms with van der Waals surface area (Å²) in [6, 6.07) is 12.6. The Kier molecular flexibility index (Phi) is 8.48. The average Bonchev–Trinajstić information content (AvgIpc) is 2.69. The van der Waals surface area contributed by atoms with Gasteiger partial charge in [-0.25, -0.2) is 5.43 Å². The standard InChI is InChI=1S/C20H22BrN3O4/c1-27-17-11-6-14(12-18(17)28-2)13-22-24-20(26)5-3-4-19(25)23-16-9-7-15(21)8-10-16/h6-13H,3-5H2,1-2H3,(H,23,25)(H,24,26)/b22-13+. The molecule has 0 saturated heterocycles. The maximum absolute atomic E-state index is 11.9. The zero-order valence-corrected chi connectivity index (χ0v) is 17.3. The number of carbonyl (C=O) groups is 2. The SMILES string of the molecule is COc1ccc(/C=N/NC(=O)CCCC(=O)Nc2ccc(Br)cc2)cc1OC. The number of nitrogens with one attached hydrogen (secondary N) is 2. The van der Waals surface area contributed by atoms with Crippen LogP contribution >= 0.6 is 15.9 Å². The Morgan fingerprint density at radius 3 is 2.36 bits per heavy atom. The number of nitrogens with zero attached hydrogens (tertiary/aromatic N) is 1. The highest BCUT2D eigenvalue weighted by Crippen LogP contribution is 2.26. The summed E-state index contributed by atoms with van der Waals surface area (Å²) in [5.41, 5.74) is 3.92. The quantitative estimate of drug-likeness (QED) is 0.452. The highest BCUT2D eigenvalue weighted by atomic mass is 79.9. The van der Waals surface area contributed by atoms with Crippen molar-refractivity contribution < 1.29 is 19.1 Å². The van der Waals surface area contributed by atoms with Crippen LogP contribution in [-0.4, -0.2) is 32.2 Å². The smallest absolute Gasteiger partial charge is 0.240 e. The van der Waals surface area contributed by atoms with E-state index in [1.165, 1.54) is 6.21 Å². The lowest BCUT2D eigenvalue weighted by atomic mass is 10.2. The van der Waals surface area contributed by atoms with Crippen LogP contribution in [0.25, 0.3) is 0 Å². The van der Waals surface area contributed by atoms with Gasteiger partial charge in [-0.2, -0.15) is 5.10 Å². The number of halogens is 1. The highest BCUT2D eigenvalue weighted by Gasteiger charge is 2.06. The van der Waals surface area contributed by atoms with E-state index in [0.29, 0.717) is 17.9 Å². The Morgan fingerprint density at radius 1 is 1.00 bits per heavy atom. The molecule has 0 saturated carbocycles. The van der Waals surface area contributed by atoms with E-state index in [4.69, 9.17) is 9.47 Å². The molecule has 0 fully saturated rings. The first-order chi connectivity index (χ1) is 13.5. The normalized spacial score (nSPS) is 10.5. The maximum Gasteiger partial charge on any atom is 0.240 e.